The summed E-state index contributed by atoms with van der Waals surface area (Å²) in [6.07, 6.45) is -4.57. The van der Waals surface area contributed by atoms with Crippen molar-refractivity contribution in [3.8, 4) is 0 Å². The van der Waals surface area contributed by atoms with E-state index in [4.69, 9.17) is 4.52 Å². The summed E-state index contributed by atoms with van der Waals surface area (Å²) in [7, 11) is 0. The molecule has 3 aromatic rings. The van der Waals surface area contributed by atoms with E-state index in [1.54, 1.807) is 32.0 Å². The highest BCUT2D eigenvalue weighted by Crippen LogP contribution is 2.34. The van der Waals surface area contributed by atoms with Crippen LogP contribution in [-0.4, -0.2) is 59.6 Å². The molecule has 1 saturated heterocycles. The predicted octanol–water partition coefficient (Wildman–Crippen LogP) is 5.34. The minimum atomic E-state index is -4.57. The average molecular weight is 545 g/mol. The van der Waals surface area contributed by atoms with Gasteiger partial charge in [0.15, 0.2) is 5.69 Å². The highest BCUT2D eigenvalue weighted by atomic mass is 19.4. The van der Waals surface area contributed by atoms with E-state index in [9.17, 15) is 22.8 Å². The quantitative estimate of drug-likeness (QED) is 0.371. The third kappa shape index (κ3) is 7.36. The first kappa shape index (κ1) is 28.1. The summed E-state index contributed by atoms with van der Waals surface area (Å²) in [4.78, 5) is 29.3. The minimum absolute atomic E-state index is 0.0152. The number of urea groups is 1. The summed E-state index contributed by atoms with van der Waals surface area (Å²) >= 11 is 0. The monoisotopic (exact) mass is 544 g/mol. The second-order valence-corrected chi connectivity index (χ2v) is 9.47. The van der Waals surface area contributed by atoms with Crippen LogP contribution in [-0.2, 0) is 12.7 Å². The van der Waals surface area contributed by atoms with Gasteiger partial charge in [-0.3, -0.25) is 9.69 Å². The molecular formula is C27H31F3N6O3. The predicted molar refractivity (Wildman–Crippen MR) is 142 cm³/mol. The van der Waals surface area contributed by atoms with Crippen LogP contribution in [0.5, 0.6) is 0 Å². The number of alkyl halides is 3. The molecule has 208 valence electrons. The summed E-state index contributed by atoms with van der Waals surface area (Å²) in [5, 5.41) is 11.4. The van der Waals surface area contributed by atoms with Gasteiger partial charge in [0, 0.05) is 55.9 Å². The number of likely N-dealkylation sites (N-methyl/N-ethyl adjacent to an activating group) is 1. The lowest BCUT2D eigenvalue weighted by molar-refractivity contribution is -0.138. The molecule has 1 aliphatic heterocycles. The molecule has 1 aromatic heterocycles. The maximum Gasteiger partial charge on any atom is 0.416 e. The molecule has 3 N–H and O–H groups in total. The fourth-order valence-corrected chi connectivity index (χ4v) is 4.35. The number of rotatable bonds is 7. The number of piperazine rings is 1. The molecule has 0 aliphatic carbocycles. The van der Waals surface area contributed by atoms with Crippen molar-refractivity contribution in [3.05, 3.63) is 70.6 Å². The first-order valence-corrected chi connectivity index (χ1v) is 12.6. The molecule has 9 nitrogen and oxygen atoms in total. The van der Waals surface area contributed by atoms with Crippen LogP contribution in [0.4, 0.5) is 35.0 Å². The third-order valence-electron chi connectivity index (χ3n) is 6.58. The molecule has 4 rings (SSSR count). The molecule has 1 fully saturated rings. The third-order valence-corrected chi connectivity index (χ3v) is 6.58. The molecule has 0 saturated carbocycles. The van der Waals surface area contributed by atoms with Crippen LogP contribution in [0, 0.1) is 13.8 Å². The normalized spacial score (nSPS) is 14.7. The van der Waals surface area contributed by atoms with Gasteiger partial charge in [0.2, 0.25) is 0 Å². The van der Waals surface area contributed by atoms with Crippen molar-refractivity contribution in [3.63, 3.8) is 0 Å². The van der Waals surface area contributed by atoms with Gasteiger partial charge >= 0.3 is 12.2 Å². The second kappa shape index (κ2) is 11.9. The molecule has 2 heterocycles. The second-order valence-electron chi connectivity index (χ2n) is 9.47. The largest absolute Gasteiger partial charge is 0.416 e. The van der Waals surface area contributed by atoms with Crippen molar-refractivity contribution < 1.29 is 27.3 Å². The number of nitrogens with one attached hydrogen (secondary N) is 3. The Morgan fingerprint density at radius 3 is 2.18 bits per heavy atom. The first-order chi connectivity index (χ1) is 18.5. The zero-order valence-electron chi connectivity index (χ0n) is 22.0. The number of carbonyl (C=O) groups is 2. The van der Waals surface area contributed by atoms with Gasteiger partial charge in [0.1, 0.15) is 5.76 Å². The number of aromatic nitrogens is 1. The van der Waals surface area contributed by atoms with Gasteiger partial charge in [0.25, 0.3) is 5.91 Å². The summed E-state index contributed by atoms with van der Waals surface area (Å²) in [5.41, 5.74) is 1.01. The summed E-state index contributed by atoms with van der Waals surface area (Å²) in [6.45, 7) is 9.65. The number of anilines is 3. The highest BCUT2D eigenvalue weighted by Gasteiger charge is 2.34. The molecular weight excluding hydrogens is 513 g/mol. The van der Waals surface area contributed by atoms with Crippen LogP contribution in [0.2, 0.25) is 0 Å². The summed E-state index contributed by atoms with van der Waals surface area (Å²) in [5.74, 6) is 0.00375. The van der Waals surface area contributed by atoms with Crippen molar-refractivity contribution in [2.45, 2.75) is 33.5 Å². The molecule has 39 heavy (non-hydrogen) atoms. The Kier molecular flexibility index (Phi) is 8.56. The molecule has 12 heteroatoms. The summed E-state index contributed by atoms with van der Waals surface area (Å²) < 4.78 is 46.6. The van der Waals surface area contributed by atoms with Crippen molar-refractivity contribution in [1.82, 2.24) is 15.0 Å². The molecule has 2 aromatic carbocycles. The van der Waals surface area contributed by atoms with E-state index in [-0.39, 0.29) is 23.5 Å². The van der Waals surface area contributed by atoms with Gasteiger partial charge in [-0.2, -0.15) is 13.2 Å². The van der Waals surface area contributed by atoms with E-state index in [0.29, 0.717) is 30.2 Å². The molecule has 0 bridgehead atoms. The van der Waals surface area contributed by atoms with Crippen molar-refractivity contribution in [1.29, 1.82) is 0 Å². The zero-order valence-corrected chi connectivity index (χ0v) is 22.0. The number of benzene rings is 2. The molecule has 0 radical (unpaired) electrons. The Labute approximate surface area is 224 Å². The number of amides is 3. The fraction of sp³-hybridized carbons (Fsp3) is 0.370. The van der Waals surface area contributed by atoms with Gasteiger partial charge in [0.05, 0.1) is 5.56 Å². The average Bonchev–Trinajstić information content (AvgIpc) is 3.33. The van der Waals surface area contributed by atoms with Gasteiger partial charge in [-0.15, -0.1) is 0 Å². The molecule has 0 spiro atoms. The Balaban J connectivity index is 1.42. The fourth-order valence-electron chi connectivity index (χ4n) is 4.35. The number of aryl methyl sites for hydroxylation is 2. The maximum absolute atomic E-state index is 13.9. The van der Waals surface area contributed by atoms with Crippen molar-refractivity contribution in [2.24, 2.45) is 0 Å². The lowest BCUT2D eigenvalue weighted by atomic mass is 10.0. The van der Waals surface area contributed by atoms with Crippen LogP contribution >= 0.6 is 0 Å². The summed E-state index contributed by atoms with van der Waals surface area (Å²) in [6, 6.07) is 9.46. The van der Waals surface area contributed by atoms with Crippen LogP contribution in [0.15, 0.2) is 47.0 Å². The highest BCUT2D eigenvalue weighted by molar-refractivity contribution is 6.04. The smallest absolute Gasteiger partial charge is 0.361 e. The molecule has 3 amide bonds. The Morgan fingerprint density at radius 2 is 1.56 bits per heavy atom. The first-order valence-electron chi connectivity index (χ1n) is 12.6. The Hall–Kier alpha value is -3.90. The van der Waals surface area contributed by atoms with Crippen molar-refractivity contribution in [2.75, 3.05) is 48.7 Å². The standard InChI is InChI=1S/C27H31F3N6O3/c1-4-35-9-11-36(12-10-35)16-19-6-8-20(14-22(19)27(28,29)30)31-26(38)32-21-7-5-17(2)23(15-21)33-25(37)24-13-18(3)39-34-24/h5-8,13-15H,4,9-12,16H2,1-3H3,(H,33,37)(H2,31,32,38). The molecule has 1 aliphatic rings. The van der Waals surface area contributed by atoms with Gasteiger partial charge in [-0.25, -0.2) is 4.79 Å². The molecule has 0 atom stereocenters. The van der Waals surface area contributed by atoms with Gasteiger partial charge < -0.3 is 25.4 Å². The van der Waals surface area contributed by atoms with E-state index in [2.05, 4.69) is 32.9 Å². The van der Waals surface area contributed by atoms with E-state index in [1.807, 2.05) is 4.90 Å². The molecule has 0 unspecified atom stereocenters. The number of hydrogen-bond donors (Lipinski definition) is 3. The minimum Gasteiger partial charge on any atom is -0.361 e. The zero-order chi connectivity index (χ0) is 28.2. The number of nitrogens with zero attached hydrogens (tertiary/aromatic N) is 3. The van der Waals surface area contributed by atoms with Crippen LogP contribution < -0.4 is 16.0 Å². The lowest BCUT2D eigenvalue weighted by Crippen LogP contribution is -2.45. The Morgan fingerprint density at radius 1 is 0.923 bits per heavy atom. The Bertz CT molecular complexity index is 1330. The van der Waals surface area contributed by atoms with Gasteiger partial charge in [-0.05, 0) is 55.8 Å². The van der Waals surface area contributed by atoms with E-state index in [1.165, 1.54) is 18.2 Å². The topological polar surface area (TPSA) is 103 Å². The van der Waals surface area contributed by atoms with Crippen LogP contribution in [0.25, 0.3) is 0 Å². The number of carbonyl (C=O) groups excluding carboxylic acids is 2. The lowest BCUT2D eigenvalue weighted by Gasteiger charge is -2.34. The SMILES string of the molecule is CCN1CCN(Cc2ccc(NC(=O)Nc3ccc(C)c(NC(=O)c4cc(C)on4)c3)cc2C(F)(F)F)CC1. The number of hydrogen-bond acceptors (Lipinski definition) is 6. The van der Waals surface area contributed by atoms with E-state index in [0.717, 1.165) is 31.3 Å². The van der Waals surface area contributed by atoms with E-state index >= 15 is 0 Å². The van der Waals surface area contributed by atoms with Crippen molar-refractivity contribution >= 4 is 29.0 Å². The van der Waals surface area contributed by atoms with Gasteiger partial charge in [-0.1, -0.05) is 24.2 Å². The van der Waals surface area contributed by atoms with Crippen LogP contribution in [0.1, 0.15) is 39.9 Å². The van der Waals surface area contributed by atoms with Crippen LogP contribution in [0.3, 0.4) is 0 Å². The number of halogens is 3. The van der Waals surface area contributed by atoms with E-state index < -0.39 is 23.7 Å². The maximum atomic E-state index is 13.9.